The highest BCUT2D eigenvalue weighted by Gasteiger charge is 2.45. The van der Waals surface area contributed by atoms with E-state index in [0.29, 0.717) is 43.6 Å². The zero-order valence-electron chi connectivity index (χ0n) is 17.6. The molecule has 30 heavy (non-hydrogen) atoms. The average molecular weight is 433 g/mol. The Labute approximate surface area is 182 Å². The maximum Gasteiger partial charge on any atom is 0.409 e. The van der Waals surface area contributed by atoms with E-state index in [-0.39, 0.29) is 30.4 Å². The van der Waals surface area contributed by atoms with Crippen molar-refractivity contribution >= 4 is 40.9 Å². The van der Waals surface area contributed by atoms with Crippen LogP contribution in [-0.2, 0) is 14.3 Å². The first kappa shape index (κ1) is 22.0. The number of benzene rings is 1. The van der Waals surface area contributed by atoms with E-state index >= 15 is 0 Å². The molecule has 9 heteroatoms. The summed E-state index contributed by atoms with van der Waals surface area (Å²) in [6, 6.07) is 8.61. The van der Waals surface area contributed by atoms with Gasteiger partial charge in [-0.25, -0.2) is 4.79 Å². The van der Waals surface area contributed by atoms with Crippen LogP contribution in [0.5, 0.6) is 0 Å². The fraction of sp³-hybridized carbons (Fsp3) is 0.524. The van der Waals surface area contributed by atoms with Crippen LogP contribution in [0.2, 0.25) is 0 Å². The number of carbonyl (C=O) groups is 3. The number of thiocarbonyl (C=S) groups is 1. The van der Waals surface area contributed by atoms with Crippen LogP contribution >= 0.6 is 12.2 Å². The van der Waals surface area contributed by atoms with Crippen LogP contribution in [0.15, 0.2) is 30.3 Å². The van der Waals surface area contributed by atoms with E-state index in [0.717, 1.165) is 0 Å². The smallest absolute Gasteiger partial charge is 0.409 e. The molecule has 1 aromatic rings. The molecule has 2 heterocycles. The number of anilines is 1. The third-order valence-corrected chi connectivity index (χ3v) is 5.74. The summed E-state index contributed by atoms with van der Waals surface area (Å²) in [5, 5.41) is 0.422. The standard InChI is InChI=1S/C21H28N4O4S/c1-4-29-21(28)23-12-10-22(11-13-23)18(26)14-17-19(27)25(16-8-6-5-7-9-16)20(30)24(17)15(2)3/h5-9,15,17H,4,10-14H2,1-3H3/t17-/m0/s1. The van der Waals surface area contributed by atoms with Crippen LogP contribution in [0.3, 0.4) is 0 Å². The molecule has 8 nitrogen and oxygen atoms in total. The van der Waals surface area contributed by atoms with Crippen LogP contribution in [0, 0.1) is 0 Å². The highest BCUT2D eigenvalue weighted by atomic mass is 32.1. The minimum Gasteiger partial charge on any atom is -0.450 e. The fourth-order valence-corrected chi connectivity index (χ4v) is 4.37. The SMILES string of the molecule is CCOC(=O)N1CCN(C(=O)C[C@H]2C(=O)N(c3ccccc3)C(=S)N2C(C)C)CC1. The number of amides is 3. The van der Waals surface area contributed by atoms with Gasteiger partial charge in [0.05, 0.1) is 18.7 Å². The van der Waals surface area contributed by atoms with Gasteiger partial charge in [0.1, 0.15) is 6.04 Å². The molecule has 3 amide bonds. The van der Waals surface area contributed by atoms with Crippen molar-refractivity contribution in [2.45, 2.75) is 39.3 Å². The van der Waals surface area contributed by atoms with Gasteiger partial charge in [-0.2, -0.15) is 0 Å². The Bertz CT molecular complexity index is 808. The molecule has 0 bridgehead atoms. The number of para-hydroxylation sites is 1. The third kappa shape index (κ3) is 4.40. The van der Waals surface area contributed by atoms with Gasteiger partial charge in [0.25, 0.3) is 5.91 Å². The first-order chi connectivity index (χ1) is 14.3. The van der Waals surface area contributed by atoms with Gasteiger partial charge in [-0.1, -0.05) is 18.2 Å². The summed E-state index contributed by atoms with van der Waals surface area (Å²) in [6.07, 6.45) is -0.301. The van der Waals surface area contributed by atoms with Crippen molar-refractivity contribution in [1.82, 2.24) is 14.7 Å². The van der Waals surface area contributed by atoms with Gasteiger partial charge in [-0.3, -0.25) is 14.5 Å². The number of carbonyl (C=O) groups excluding carboxylic acids is 3. The number of nitrogens with zero attached hydrogens (tertiary/aromatic N) is 4. The minimum absolute atomic E-state index is 0.0198. The van der Waals surface area contributed by atoms with Gasteiger partial charge >= 0.3 is 6.09 Å². The quantitative estimate of drug-likeness (QED) is 0.664. The van der Waals surface area contributed by atoms with Crippen molar-refractivity contribution < 1.29 is 19.1 Å². The lowest BCUT2D eigenvalue weighted by Gasteiger charge is -2.35. The Morgan fingerprint density at radius 2 is 1.70 bits per heavy atom. The van der Waals surface area contributed by atoms with Gasteiger partial charge in [0.15, 0.2) is 5.11 Å². The molecule has 2 aliphatic rings. The molecule has 0 N–H and O–H groups in total. The first-order valence-electron chi connectivity index (χ1n) is 10.3. The van der Waals surface area contributed by atoms with Crippen LogP contribution in [0.25, 0.3) is 0 Å². The second-order valence-electron chi connectivity index (χ2n) is 7.58. The summed E-state index contributed by atoms with van der Waals surface area (Å²) < 4.78 is 5.02. The van der Waals surface area contributed by atoms with E-state index in [1.165, 1.54) is 4.90 Å². The molecular weight excluding hydrogens is 404 g/mol. The van der Waals surface area contributed by atoms with Crippen molar-refractivity contribution in [2.24, 2.45) is 0 Å². The molecule has 2 fully saturated rings. The van der Waals surface area contributed by atoms with Crippen molar-refractivity contribution in [3.05, 3.63) is 30.3 Å². The lowest BCUT2D eigenvalue weighted by Crippen LogP contribution is -2.52. The Kier molecular flexibility index (Phi) is 6.91. The van der Waals surface area contributed by atoms with Gasteiger partial charge < -0.3 is 19.4 Å². The molecule has 1 aromatic carbocycles. The number of hydrogen-bond donors (Lipinski definition) is 0. The lowest BCUT2D eigenvalue weighted by molar-refractivity contribution is -0.136. The highest BCUT2D eigenvalue weighted by molar-refractivity contribution is 7.80. The number of piperazine rings is 1. The van der Waals surface area contributed by atoms with E-state index in [4.69, 9.17) is 17.0 Å². The van der Waals surface area contributed by atoms with E-state index in [1.807, 2.05) is 49.1 Å². The van der Waals surface area contributed by atoms with Gasteiger partial charge in [0, 0.05) is 32.2 Å². The van der Waals surface area contributed by atoms with E-state index in [9.17, 15) is 14.4 Å². The molecule has 3 rings (SSSR count). The van der Waals surface area contributed by atoms with Crippen LogP contribution in [-0.4, -0.2) is 82.6 Å². The maximum atomic E-state index is 13.2. The Morgan fingerprint density at radius 3 is 2.27 bits per heavy atom. The normalized spacial score (nSPS) is 19.7. The van der Waals surface area contributed by atoms with E-state index < -0.39 is 6.04 Å². The molecule has 0 saturated carbocycles. The van der Waals surface area contributed by atoms with Crippen molar-refractivity contribution in [2.75, 3.05) is 37.7 Å². The number of hydrogen-bond acceptors (Lipinski definition) is 5. The maximum absolute atomic E-state index is 13.2. The highest BCUT2D eigenvalue weighted by Crippen LogP contribution is 2.29. The second-order valence-corrected chi connectivity index (χ2v) is 7.94. The van der Waals surface area contributed by atoms with Crippen LogP contribution < -0.4 is 4.90 Å². The Hall–Kier alpha value is -2.68. The van der Waals surface area contributed by atoms with Crippen molar-refractivity contribution in [1.29, 1.82) is 0 Å². The summed E-state index contributed by atoms with van der Waals surface area (Å²) in [4.78, 5) is 44.7. The van der Waals surface area contributed by atoms with E-state index in [2.05, 4.69) is 0 Å². The Morgan fingerprint density at radius 1 is 1.10 bits per heavy atom. The fourth-order valence-electron chi connectivity index (χ4n) is 3.84. The molecule has 0 unspecified atom stereocenters. The molecular formula is C21H28N4O4S. The zero-order chi connectivity index (χ0) is 21.8. The van der Waals surface area contributed by atoms with E-state index in [1.54, 1.807) is 16.7 Å². The summed E-state index contributed by atoms with van der Waals surface area (Å²) in [7, 11) is 0. The average Bonchev–Trinajstić information content (AvgIpc) is 2.98. The number of ether oxygens (including phenoxy) is 1. The summed E-state index contributed by atoms with van der Waals surface area (Å²) >= 11 is 5.60. The molecule has 0 aromatic heterocycles. The minimum atomic E-state index is -0.631. The molecule has 162 valence electrons. The molecule has 2 saturated heterocycles. The van der Waals surface area contributed by atoms with Crippen molar-refractivity contribution in [3.63, 3.8) is 0 Å². The molecule has 1 atom stereocenters. The third-order valence-electron chi connectivity index (χ3n) is 5.35. The predicted octanol–water partition coefficient (Wildman–Crippen LogP) is 2.09. The van der Waals surface area contributed by atoms with Gasteiger partial charge in [-0.15, -0.1) is 0 Å². The van der Waals surface area contributed by atoms with Crippen LogP contribution in [0.1, 0.15) is 27.2 Å². The molecule has 0 aliphatic carbocycles. The summed E-state index contributed by atoms with van der Waals surface area (Å²) in [5.74, 6) is -0.293. The summed E-state index contributed by atoms with van der Waals surface area (Å²) in [5.41, 5.74) is 0.705. The van der Waals surface area contributed by atoms with Gasteiger partial charge in [-0.05, 0) is 45.1 Å². The topological polar surface area (TPSA) is 73.4 Å². The first-order valence-corrected chi connectivity index (χ1v) is 10.7. The summed E-state index contributed by atoms with van der Waals surface area (Å²) in [6.45, 7) is 7.70. The Balaban J connectivity index is 1.69. The van der Waals surface area contributed by atoms with Crippen molar-refractivity contribution in [3.8, 4) is 0 Å². The monoisotopic (exact) mass is 432 g/mol. The zero-order valence-corrected chi connectivity index (χ0v) is 18.4. The predicted molar refractivity (Wildman–Crippen MR) is 117 cm³/mol. The van der Waals surface area contributed by atoms with Gasteiger partial charge in [0.2, 0.25) is 5.91 Å². The van der Waals surface area contributed by atoms with Crippen LogP contribution in [0.4, 0.5) is 10.5 Å². The molecule has 0 spiro atoms. The lowest BCUT2D eigenvalue weighted by atomic mass is 10.1. The largest absolute Gasteiger partial charge is 0.450 e. The second kappa shape index (κ2) is 9.42. The molecule has 2 aliphatic heterocycles. The number of rotatable bonds is 5. The molecule has 0 radical (unpaired) electrons.